The summed E-state index contributed by atoms with van der Waals surface area (Å²) in [5.41, 5.74) is 5.17. The van der Waals surface area contributed by atoms with Crippen LogP contribution in [0.3, 0.4) is 0 Å². The SMILES string of the molecule is Cc1ccc2c(Cc3ccncc3)nnc(N3CCN(C4=CCC(C(C)(C)C)C=C4)CC3)c2c1. The molecule has 3 aromatic rings. The van der Waals surface area contributed by atoms with Crippen molar-refractivity contribution in [3.63, 3.8) is 0 Å². The summed E-state index contributed by atoms with van der Waals surface area (Å²) < 4.78 is 0. The number of nitrogens with zero attached hydrogens (tertiary/aromatic N) is 5. The lowest BCUT2D eigenvalue weighted by Gasteiger charge is -2.39. The number of piperazine rings is 1. The standard InChI is InChI=1S/C29H35N5/c1-21-5-10-25-26(19-21)28(32-31-27(25)20-22-11-13-30-14-12-22)34-17-15-33(16-18-34)24-8-6-23(7-9-24)29(2,3)4/h5-6,8-14,19,23H,7,15-18,20H2,1-4H3. The second-order valence-electron chi connectivity index (χ2n) is 10.7. The summed E-state index contributed by atoms with van der Waals surface area (Å²) in [6, 6.07) is 10.7. The molecule has 1 atom stereocenters. The fourth-order valence-corrected chi connectivity index (χ4v) is 5.03. The van der Waals surface area contributed by atoms with Gasteiger partial charge in [-0.1, -0.05) is 50.6 Å². The average Bonchev–Trinajstić information content (AvgIpc) is 2.84. The number of pyridine rings is 1. The van der Waals surface area contributed by atoms with Crippen LogP contribution in [0.4, 0.5) is 5.82 Å². The number of benzene rings is 1. The molecule has 1 unspecified atom stereocenters. The number of fused-ring (bicyclic) bond motifs is 1. The van der Waals surface area contributed by atoms with Crippen LogP contribution in [0.25, 0.3) is 10.8 Å². The minimum absolute atomic E-state index is 0.318. The zero-order valence-electron chi connectivity index (χ0n) is 20.8. The molecule has 1 fully saturated rings. The Morgan fingerprint density at radius 2 is 1.65 bits per heavy atom. The highest BCUT2D eigenvalue weighted by molar-refractivity contribution is 5.94. The van der Waals surface area contributed by atoms with Crippen molar-refractivity contribution in [3.8, 4) is 0 Å². The van der Waals surface area contributed by atoms with Crippen molar-refractivity contribution >= 4 is 16.6 Å². The molecule has 2 aliphatic rings. The van der Waals surface area contributed by atoms with E-state index in [4.69, 9.17) is 10.2 Å². The van der Waals surface area contributed by atoms with Gasteiger partial charge in [-0.05, 0) is 54.5 Å². The fraction of sp³-hybridized carbons (Fsp3) is 0.414. The van der Waals surface area contributed by atoms with Gasteiger partial charge >= 0.3 is 0 Å². The number of allylic oxidation sites excluding steroid dienone is 3. The van der Waals surface area contributed by atoms with Crippen LogP contribution in [0.15, 0.2) is 66.7 Å². The molecule has 5 heteroatoms. The van der Waals surface area contributed by atoms with Gasteiger partial charge in [0.1, 0.15) is 0 Å². The first kappa shape index (κ1) is 22.6. The highest BCUT2D eigenvalue weighted by Gasteiger charge is 2.26. The Balaban J connectivity index is 1.34. The molecule has 1 aliphatic heterocycles. The summed E-state index contributed by atoms with van der Waals surface area (Å²) in [7, 11) is 0. The largest absolute Gasteiger partial charge is 0.368 e. The van der Waals surface area contributed by atoms with Gasteiger partial charge in [0.25, 0.3) is 0 Å². The molecule has 5 rings (SSSR count). The first-order valence-corrected chi connectivity index (χ1v) is 12.4. The van der Waals surface area contributed by atoms with Crippen LogP contribution >= 0.6 is 0 Å². The number of anilines is 1. The predicted octanol–water partition coefficient (Wildman–Crippen LogP) is 5.55. The molecule has 176 valence electrons. The molecular formula is C29H35N5. The molecule has 34 heavy (non-hydrogen) atoms. The van der Waals surface area contributed by atoms with E-state index >= 15 is 0 Å². The number of aromatic nitrogens is 3. The van der Waals surface area contributed by atoms with Gasteiger partial charge in [-0.25, -0.2) is 0 Å². The summed E-state index contributed by atoms with van der Waals surface area (Å²) in [4.78, 5) is 9.06. The molecule has 3 heterocycles. The molecule has 0 N–H and O–H groups in total. The monoisotopic (exact) mass is 453 g/mol. The quantitative estimate of drug-likeness (QED) is 0.518. The topological polar surface area (TPSA) is 45.2 Å². The van der Waals surface area contributed by atoms with Gasteiger partial charge in [-0.2, -0.15) is 5.10 Å². The van der Waals surface area contributed by atoms with Crippen molar-refractivity contribution in [2.45, 2.75) is 40.5 Å². The third-order valence-electron chi connectivity index (χ3n) is 7.25. The van der Waals surface area contributed by atoms with Gasteiger partial charge < -0.3 is 9.80 Å². The normalized spacial score (nSPS) is 18.9. The van der Waals surface area contributed by atoms with Gasteiger partial charge in [-0.15, -0.1) is 5.10 Å². The van der Waals surface area contributed by atoms with Gasteiger partial charge in [-0.3, -0.25) is 4.98 Å². The first-order chi connectivity index (χ1) is 16.4. The lowest BCUT2D eigenvalue weighted by Crippen LogP contribution is -2.46. The number of rotatable bonds is 4. The van der Waals surface area contributed by atoms with Crippen molar-refractivity contribution in [3.05, 3.63) is 83.5 Å². The summed E-state index contributed by atoms with van der Waals surface area (Å²) in [6.45, 7) is 13.1. The average molecular weight is 454 g/mol. The Morgan fingerprint density at radius 1 is 0.912 bits per heavy atom. The molecule has 0 spiro atoms. The Bertz CT molecular complexity index is 1210. The Labute approximate surface area is 203 Å². The molecule has 1 aromatic carbocycles. The van der Waals surface area contributed by atoms with E-state index in [0.717, 1.165) is 50.5 Å². The summed E-state index contributed by atoms with van der Waals surface area (Å²) >= 11 is 0. The maximum atomic E-state index is 4.76. The van der Waals surface area contributed by atoms with Crippen LogP contribution < -0.4 is 4.90 Å². The number of hydrogen-bond donors (Lipinski definition) is 0. The molecule has 1 saturated heterocycles. The van der Waals surface area contributed by atoms with Crippen molar-refractivity contribution in [2.75, 3.05) is 31.1 Å². The van der Waals surface area contributed by atoms with Gasteiger partial charge in [0.2, 0.25) is 0 Å². The number of aryl methyl sites for hydroxylation is 1. The van der Waals surface area contributed by atoms with E-state index in [2.05, 4.69) is 78.9 Å². The minimum Gasteiger partial charge on any atom is -0.368 e. The number of hydrogen-bond acceptors (Lipinski definition) is 5. The van der Waals surface area contributed by atoms with Crippen molar-refractivity contribution in [1.29, 1.82) is 0 Å². The minimum atomic E-state index is 0.318. The third-order valence-corrected chi connectivity index (χ3v) is 7.25. The summed E-state index contributed by atoms with van der Waals surface area (Å²) in [6.07, 6.45) is 12.7. The third kappa shape index (κ3) is 4.70. The predicted molar refractivity (Wildman–Crippen MR) is 140 cm³/mol. The fourth-order valence-electron chi connectivity index (χ4n) is 5.03. The first-order valence-electron chi connectivity index (χ1n) is 12.4. The summed E-state index contributed by atoms with van der Waals surface area (Å²) in [5.74, 6) is 1.63. The second kappa shape index (κ2) is 9.21. The van der Waals surface area contributed by atoms with E-state index < -0.39 is 0 Å². The Hall–Kier alpha value is -3.21. The van der Waals surface area contributed by atoms with E-state index in [1.807, 2.05) is 24.5 Å². The molecule has 0 amide bonds. The maximum absolute atomic E-state index is 4.76. The zero-order valence-corrected chi connectivity index (χ0v) is 20.8. The molecule has 1 aliphatic carbocycles. The van der Waals surface area contributed by atoms with Crippen LogP contribution in [0.2, 0.25) is 0 Å². The molecule has 0 radical (unpaired) electrons. The second-order valence-corrected chi connectivity index (χ2v) is 10.7. The van der Waals surface area contributed by atoms with Crippen LogP contribution in [0.1, 0.15) is 44.0 Å². The molecule has 2 aromatic heterocycles. The van der Waals surface area contributed by atoms with Crippen LogP contribution in [0, 0.1) is 18.3 Å². The lowest BCUT2D eigenvalue weighted by atomic mass is 9.77. The zero-order chi connectivity index (χ0) is 23.7. The van der Waals surface area contributed by atoms with Gasteiger partial charge in [0.15, 0.2) is 5.82 Å². The molecule has 0 bridgehead atoms. The van der Waals surface area contributed by atoms with Gasteiger partial charge in [0, 0.05) is 61.5 Å². The highest BCUT2D eigenvalue weighted by Crippen LogP contribution is 2.34. The molecular weight excluding hydrogens is 418 g/mol. The smallest absolute Gasteiger partial charge is 0.159 e. The molecule has 5 nitrogen and oxygen atoms in total. The van der Waals surface area contributed by atoms with E-state index in [1.165, 1.54) is 27.6 Å². The van der Waals surface area contributed by atoms with E-state index in [9.17, 15) is 0 Å². The van der Waals surface area contributed by atoms with E-state index in [0.29, 0.717) is 11.3 Å². The van der Waals surface area contributed by atoms with Crippen molar-refractivity contribution < 1.29 is 0 Å². The van der Waals surface area contributed by atoms with Gasteiger partial charge in [0.05, 0.1) is 5.69 Å². The lowest BCUT2D eigenvalue weighted by molar-refractivity contribution is 0.282. The maximum Gasteiger partial charge on any atom is 0.159 e. The van der Waals surface area contributed by atoms with Crippen LogP contribution in [-0.2, 0) is 6.42 Å². The van der Waals surface area contributed by atoms with Crippen LogP contribution in [-0.4, -0.2) is 46.3 Å². The Morgan fingerprint density at radius 3 is 2.32 bits per heavy atom. The van der Waals surface area contributed by atoms with Crippen molar-refractivity contribution in [2.24, 2.45) is 11.3 Å². The summed E-state index contributed by atoms with van der Waals surface area (Å²) in [5, 5.41) is 11.9. The van der Waals surface area contributed by atoms with Crippen molar-refractivity contribution in [1.82, 2.24) is 20.1 Å². The van der Waals surface area contributed by atoms with E-state index in [-0.39, 0.29) is 0 Å². The van der Waals surface area contributed by atoms with Crippen LogP contribution in [0.5, 0.6) is 0 Å². The van der Waals surface area contributed by atoms with E-state index in [1.54, 1.807) is 0 Å². The molecule has 0 saturated carbocycles. The highest BCUT2D eigenvalue weighted by atomic mass is 15.3. The Kier molecular flexibility index (Phi) is 6.11.